The van der Waals surface area contributed by atoms with Crippen molar-refractivity contribution in [3.8, 4) is 0 Å². The molecule has 132 valence electrons. The summed E-state index contributed by atoms with van der Waals surface area (Å²) in [6.45, 7) is 3.98. The number of benzene rings is 1. The van der Waals surface area contributed by atoms with Crippen molar-refractivity contribution in [2.24, 2.45) is 11.3 Å². The van der Waals surface area contributed by atoms with E-state index in [-0.39, 0.29) is 17.8 Å². The van der Waals surface area contributed by atoms with Crippen molar-refractivity contribution >= 4 is 27.7 Å². The number of Topliss-reactive ketones (excluding diaryl/α,β-unsaturated/α-hetero) is 1. The normalized spacial score (nSPS) is 33.4. The monoisotopic (exact) mass is 405 g/mol. The van der Waals surface area contributed by atoms with Crippen LogP contribution in [0.15, 0.2) is 40.0 Å². The number of allylic oxidation sites excluding steroid dienone is 2. The largest absolute Gasteiger partial charge is 0.460 e. The summed E-state index contributed by atoms with van der Waals surface area (Å²) in [5.74, 6) is -1.74. The fraction of sp³-hybridized carbons (Fsp3) is 0.474. The third-order valence-electron chi connectivity index (χ3n) is 5.36. The number of carbonyl (C=O) groups is 2. The van der Waals surface area contributed by atoms with Crippen molar-refractivity contribution < 1.29 is 19.4 Å². The molecule has 3 unspecified atom stereocenters. The Kier molecular flexibility index (Phi) is 3.64. The van der Waals surface area contributed by atoms with E-state index in [1.54, 1.807) is 0 Å². The number of halogens is 1. The lowest BCUT2D eigenvalue weighted by molar-refractivity contribution is -0.142. The van der Waals surface area contributed by atoms with Gasteiger partial charge in [0.05, 0.1) is 0 Å². The molecule has 0 spiro atoms. The molecule has 0 radical (unpaired) electrons. The third kappa shape index (κ3) is 2.62. The predicted octanol–water partition coefficient (Wildman–Crippen LogP) is 2.64. The highest BCUT2D eigenvalue weighted by molar-refractivity contribution is 9.10. The number of cyclic esters (lactones) is 1. The Morgan fingerprint density at radius 3 is 2.56 bits per heavy atom. The van der Waals surface area contributed by atoms with Crippen molar-refractivity contribution in [2.75, 3.05) is 6.61 Å². The van der Waals surface area contributed by atoms with Crippen molar-refractivity contribution in [1.29, 1.82) is 0 Å². The molecular formula is C19H20BrNO4. The Bertz CT molecular complexity index is 798. The van der Waals surface area contributed by atoms with Gasteiger partial charge in [0.15, 0.2) is 11.5 Å². The Morgan fingerprint density at radius 1 is 1.20 bits per heavy atom. The molecule has 4 rings (SSSR count). The van der Waals surface area contributed by atoms with Crippen LogP contribution in [-0.4, -0.2) is 29.2 Å². The summed E-state index contributed by atoms with van der Waals surface area (Å²) in [5, 5.41) is 14.1. The fourth-order valence-electron chi connectivity index (χ4n) is 4.35. The number of esters is 1. The number of fused-ring (bicyclic) bond motifs is 1. The van der Waals surface area contributed by atoms with Crippen molar-refractivity contribution in [1.82, 2.24) is 5.32 Å². The van der Waals surface area contributed by atoms with Gasteiger partial charge in [0.2, 0.25) is 0 Å². The van der Waals surface area contributed by atoms with Gasteiger partial charge in [-0.2, -0.15) is 0 Å². The summed E-state index contributed by atoms with van der Waals surface area (Å²) in [4.78, 5) is 25.4. The topological polar surface area (TPSA) is 75.6 Å². The Balaban J connectivity index is 1.91. The van der Waals surface area contributed by atoms with Gasteiger partial charge < -0.3 is 15.2 Å². The Hall–Kier alpha value is -1.66. The van der Waals surface area contributed by atoms with Gasteiger partial charge in [0.25, 0.3) is 0 Å². The van der Waals surface area contributed by atoms with Crippen LogP contribution in [-0.2, 0) is 14.3 Å². The molecule has 1 fully saturated rings. The zero-order valence-corrected chi connectivity index (χ0v) is 15.7. The molecule has 6 heteroatoms. The molecule has 2 aliphatic heterocycles. The highest BCUT2D eigenvalue weighted by Crippen LogP contribution is 2.51. The van der Waals surface area contributed by atoms with E-state index >= 15 is 0 Å². The molecule has 1 aromatic rings. The van der Waals surface area contributed by atoms with Crippen LogP contribution in [0, 0.1) is 11.3 Å². The van der Waals surface area contributed by atoms with Gasteiger partial charge in [-0.05, 0) is 29.5 Å². The van der Waals surface area contributed by atoms with E-state index in [4.69, 9.17) is 4.74 Å². The molecule has 2 N–H and O–H groups in total. The lowest BCUT2D eigenvalue weighted by atomic mass is 9.65. The molecule has 1 aromatic carbocycles. The van der Waals surface area contributed by atoms with E-state index in [0.717, 1.165) is 15.7 Å². The van der Waals surface area contributed by atoms with Gasteiger partial charge >= 0.3 is 5.97 Å². The van der Waals surface area contributed by atoms with Gasteiger partial charge in [0.1, 0.15) is 12.5 Å². The second-order valence-electron chi connectivity index (χ2n) is 8.00. The van der Waals surface area contributed by atoms with Crippen LogP contribution >= 0.6 is 15.9 Å². The van der Waals surface area contributed by atoms with Gasteiger partial charge in [0, 0.05) is 28.1 Å². The first-order valence-corrected chi connectivity index (χ1v) is 9.18. The summed E-state index contributed by atoms with van der Waals surface area (Å²) < 4.78 is 6.09. The molecule has 0 aromatic heterocycles. The lowest BCUT2D eigenvalue weighted by Gasteiger charge is -2.45. The van der Waals surface area contributed by atoms with E-state index < -0.39 is 23.5 Å². The zero-order valence-electron chi connectivity index (χ0n) is 14.1. The van der Waals surface area contributed by atoms with Crippen molar-refractivity contribution in [3.05, 3.63) is 45.6 Å². The molecule has 3 aliphatic rings. The summed E-state index contributed by atoms with van der Waals surface area (Å²) in [7, 11) is 0. The number of hydrogen-bond acceptors (Lipinski definition) is 5. The number of ketones is 1. The summed E-state index contributed by atoms with van der Waals surface area (Å²) in [5.41, 5.74) is 0.551. The minimum Gasteiger partial charge on any atom is -0.460 e. The average Bonchev–Trinajstić information content (AvgIpc) is 2.80. The number of hydrogen-bond donors (Lipinski definition) is 2. The first-order valence-electron chi connectivity index (χ1n) is 8.39. The zero-order chi connectivity index (χ0) is 18.0. The van der Waals surface area contributed by atoms with E-state index in [1.165, 1.54) is 0 Å². The molecular weight excluding hydrogens is 386 g/mol. The van der Waals surface area contributed by atoms with Crippen LogP contribution in [0.25, 0.3) is 0 Å². The van der Waals surface area contributed by atoms with Crippen LogP contribution in [0.1, 0.15) is 38.2 Å². The molecule has 5 nitrogen and oxygen atoms in total. The number of aliphatic hydroxyl groups is 1. The minimum atomic E-state index is -1.47. The quantitative estimate of drug-likeness (QED) is 0.702. The summed E-state index contributed by atoms with van der Waals surface area (Å²) >= 11 is 3.41. The van der Waals surface area contributed by atoms with Gasteiger partial charge in [-0.1, -0.05) is 41.9 Å². The summed E-state index contributed by atoms with van der Waals surface area (Å²) in [6.07, 6.45) is 1.09. The standard InChI is InChI=1S/C19H20BrNO4/c1-18(2)7-12-15(13(22)8-18)14(10-3-5-11(20)6-4-10)16-17(23)25-9-19(16,24)21-12/h3-6,14,16,21,24H,7-9H2,1-2H3. The second kappa shape index (κ2) is 5.42. The number of carbonyl (C=O) groups excluding carboxylic acids is 2. The molecule has 1 aliphatic carbocycles. The van der Waals surface area contributed by atoms with Crippen molar-refractivity contribution in [3.63, 3.8) is 0 Å². The van der Waals surface area contributed by atoms with Crippen LogP contribution in [0.4, 0.5) is 0 Å². The second-order valence-corrected chi connectivity index (χ2v) is 8.91. The first kappa shape index (κ1) is 16.8. The van der Waals surface area contributed by atoms with Gasteiger partial charge in [-0.3, -0.25) is 9.59 Å². The average molecular weight is 406 g/mol. The van der Waals surface area contributed by atoms with Crippen LogP contribution in [0.3, 0.4) is 0 Å². The van der Waals surface area contributed by atoms with Crippen LogP contribution < -0.4 is 5.32 Å². The molecule has 0 saturated carbocycles. The number of rotatable bonds is 1. The smallest absolute Gasteiger partial charge is 0.315 e. The Morgan fingerprint density at radius 2 is 1.88 bits per heavy atom. The van der Waals surface area contributed by atoms with Crippen LogP contribution in [0.5, 0.6) is 0 Å². The minimum absolute atomic E-state index is 0.0356. The molecule has 3 atom stereocenters. The Labute approximate surface area is 154 Å². The van der Waals surface area contributed by atoms with E-state index in [1.807, 2.05) is 38.1 Å². The maximum absolute atomic E-state index is 13.0. The van der Waals surface area contributed by atoms with Crippen LogP contribution in [0.2, 0.25) is 0 Å². The van der Waals surface area contributed by atoms with E-state index in [2.05, 4.69) is 21.2 Å². The van der Waals surface area contributed by atoms with E-state index in [0.29, 0.717) is 18.4 Å². The molecule has 0 bridgehead atoms. The fourth-order valence-corrected chi connectivity index (χ4v) is 4.61. The predicted molar refractivity (Wildman–Crippen MR) is 94.5 cm³/mol. The third-order valence-corrected chi connectivity index (χ3v) is 5.89. The maximum atomic E-state index is 13.0. The highest BCUT2D eigenvalue weighted by atomic mass is 79.9. The first-order chi connectivity index (χ1) is 11.7. The maximum Gasteiger partial charge on any atom is 0.315 e. The van der Waals surface area contributed by atoms with Gasteiger partial charge in [-0.15, -0.1) is 0 Å². The molecule has 2 heterocycles. The SMILES string of the molecule is CC1(C)CC(=O)C2=C(C1)NC1(O)COC(=O)C1C2c1ccc(Br)cc1. The molecule has 0 amide bonds. The lowest BCUT2D eigenvalue weighted by Crippen LogP contribution is -2.58. The molecule has 1 saturated heterocycles. The number of ether oxygens (including phenoxy) is 1. The molecule has 25 heavy (non-hydrogen) atoms. The number of nitrogens with one attached hydrogen (secondary N) is 1. The van der Waals surface area contributed by atoms with Crippen molar-refractivity contribution in [2.45, 2.75) is 38.3 Å². The van der Waals surface area contributed by atoms with E-state index in [9.17, 15) is 14.7 Å². The highest BCUT2D eigenvalue weighted by Gasteiger charge is 2.59. The van der Waals surface area contributed by atoms with Gasteiger partial charge in [-0.25, -0.2) is 0 Å². The summed E-state index contributed by atoms with van der Waals surface area (Å²) in [6, 6.07) is 7.55.